The van der Waals surface area contributed by atoms with E-state index >= 15 is 0 Å². The smallest absolute Gasteiger partial charge is 0.263 e. The van der Waals surface area contributed by atoms with Crippen LogP contribution in [0.4, 0.5) is 0 Å². The third-order valence-electron chi connectivity index (χ3n) is 1.51. The Morgan fingerprint density at radius 2 is 1.46 bits per heavy atom. The summed E-state index contributed by atoms with van der Waals surface area (Å²) in [6.45, 7) is 2.47. The van der Waals surface area contributed by atoms with Gasteiger partial charge < -0.3 is 4.79 Å². The molecule has 0 aromatic carbocycles. The van der Waals surface area contributed by atoms with E-state index in [0.717, 1.165) is 6.92 Å². The number of carbonyl (C=O) groups excluding carboxylic acids is 4. The van der Waals surface area contributed by atoms with Crippen molar-refractivity contribution in [3.63, 3.8) is 0 Å². The summed E-state index contributed by atoms with van der Waals surface area (Å²) in [4.78, 5) is 42.5. The van der Waals surface area contributed by atoms with Crippen LogP contribution in [0.15, 0.2) is 0 Å². The van der Waals surface area contributed by atoms with Crippen LogP contribution in [0.1, 0.15) is 33.1 Å². The lowest BCUT2D eigenvalue weighted by Gasteiger charge is -1.95. The van der Waals surface area contributed by atoms with Crippen molar-refractivity contribution in [2.45, 2.75) is 33.1 Å². The molecule has 0 amide bonds. The lowest BCUT2D eigenvalue weighted by molar-refractivity contribution is -0.143. The van der Waals surface area contributed by atoms with Gasteiger partial charge in [0.25, 0.3) is 5.78 Å². The van der Waals surface area contributed by atoms with Gasteiger partial charge in [-0.15, -0.1) is 0 Å². The highest BCUT2D eigenvalue weighted by Gasteiger charge is 2.17. The molecular weight excluding hydrogens is 172 g/mol. The molecule has 72 valence electrons. The Morgan fingerprint density at radius 3 is 1.85 bits per heavy atom. The molecule has 0 bridgehead atoms. The van der Waals surface area contributed by atoms with Crippen LogP contribution in [-0.2, 0) is 19.2 Å². The third-order valence-corrected chi connectivity index (χ3v) is 1.51. The van der Waals surface area contributed by atoms with Gasteiger partial charge in [0, 0.05) is 19.8 Å². The van der Waals surface area contributed by atoms with Crippen LogP contribution in [0.3, 0.4) is 0 Å². The molecule has 0 radical (unpaired) electrons. The van der Waals surface area contributed by atoms with Crippen molar-refractivity contribution in [2.24, 2.45) is 0 Å². The molecule has 0 aliphatic heterocycles. The van der Waals surface area contributed by atoms with E-state index in [2.05, 4.69) is 0 Å². The summed E-state index contributed by atoms with van der Waals surface area (Å²) in [7, 11) is 0. The predicted molar refractivity (Wildman–Crippen MR) is 45.2 cm³/mol. The second-order valence-corrected chi connectivity index (χ2v) is 2.86. The van der Waals surface area contributed by atoms with Gasteiger partial charge in [-0.3, -0.25) is 14.4 Å². The van der Waals surface area contributed by atoms with E-state index in [-0.39, 0.29) is 18.6 Å². The van der Waals surface area contributed by atoms with Gasteiger partial charge in [0.1, 0.15) is 5.78 Å². The Bertz CT molecular complexity index is 252. The van der Waals surface area contributed by atoms with Gasteiger partial charge in [0.05, 0.1) is 0 Å². The normalized spacial score (nSPS) is 9.38. The molecule has 4 heteroatoms. The van der Waals surface area contributed by atoms with Gasteiger partial charge in [0.2, 0.25) is 11.6 Å². The zero-order chi connectivity index (χ0) is 10.4. The van der Waals surface area contributed by atoms with Crippen molar-refractivity contribution in [2.75, 3.05) is 0 Å². The maximum Gasteiger partial charge on any atom is 0.263 e. The fourth-order valence-electron chi connectivity index (χ4n) is 0.808. The molecule has 0 saturated carbocycles. The molecule has 0 heterocycles. The second kappa shape index (κ2) is 5.35. The summed E-state index contributed by atoms with van der Waals surface area (Å²) < 4.78 is 0. The van der Waals surface area contributed by atoms with Crippen LogP contribution in [0.5, 0.6) is 0 Å². The predicted octanol–water partition coefficient (Wildman–Crippen LogP) is 0.473. The maximum absolute atomic E-state index is 10.9. The molecule has 0 rings (SSSR count). The number of ketones is 4. The molecule has 13 heavy (non-hydrogen) atoms. The quantitative estimate of drug-likeness (QED) is 0.444. The average Bonchev–Trinajstić information content (AvgIpc) is 2.02. The van der Waals surface area contributed by atoms with E-state index in [0.29, 0.717) is 6.42 Å². The Morgan fingerprint density at radius 1 is 0.923 bits per heavy atom. The van der Waals surface area contributed by atoms with Crippen LogP contribution < -0.4 is 0 Å². The highest BCUT2D eigenvalue weighted by atomic mass is 16.2. The second-order valence-electron chi connectivity index (χ2n) is 2.86. The SMILES string of the molecule is CC(=O)CCCC(=O)C(=O)C(C)=O. The lowest BCUT2D eigenvalue weighted by Crippen LogP contribution is -2.21. The summed E-state index contributed by atoms with van der Waals surface area (Å²) in [5.41, 5.74) is 0. The molecular formula is C9H12O4. The minimum Gasteiger partial charge on any atom is -0.300 e. The Kier molecular flexibility index (Phi) is 4.80. The summed E-state index contributed by atoms with van der Waals surface area (Å²) in [5, 5.41) is 0. The van der Waals surface area contributed by atoms with E-state index in [9.17, 15) is 19.2 Å². The van der Waals surface area contributed by atoms with Gasteiger partial charge in [-0.1, -0.05) is 0 Å². The van der Waals surface area contributed by atoms with Gasteiger partial charge >= 0.3 is 0 Å². The summed E-state index contributed by atoms with van der Waals surface area (Å²) in [5.74, 6) is -2.44. The number of Topliss-reactive ketones (excluding diaryl/α,β-unsaturated/α-hetero) is 4. The molecule has 0 aliphatic carbocycles. The topological polar surface area (TPSA) is 68.3 Å². The fourth-order valence-corrected chi connectivity index (χ4v) is 0.808. The van der Waals surface area contributed by atoms with Crippen molar-refractivity contribution >= 4 is 23.1 Å². The van der Waals surface area contributed by atoms with E-state index in [1.165, 1.54) is 6.92 Å². The molecule has 0 unspecified atom stereocenters. The zero-order valence-corrected chi connectivity index (χ0v) is 7.75. The maximum atomic E-state index is 10.9. The van der Waals surface area contributed by atoms with E-state index in [1.54, 1.807) is 0 Å². The van der Waals surface area contributed by atoms with E-state index in [4.69, 9.17) is 0 Å². The number of rotatable bonds is 6. The summed E-state index contributed by atoms with van der Waals surface area (Å²) in [6, 6.07) is 0. The molecule has 4 nitrogen and oxygen atoms in total. The minimum absolute atomic E-state index is 0.0159. The van der Waals surface area contributed by atoms with Crippen molar-refractivity contribution in [1.82, 2.24) is 0 Å². The molecule has 0 fully saturated rings. The monoisotopic (exact) mass is 184 g/mol. The van der Waals surface area contributed by atoms with Crippen LogP contribution in [0.2, 0.25) is 0 Å². The van der Waals surface area contributed by atoms with Crippen LogP contribution in [-0.4, -0.2) is 23.1 Å². The summed E-state index contributed by atoms with van der Waals surface area (Å²) in [6.07, 6.45) is 0.599. The fraction of sp³-hybridized carbons (Fsp3) is 0.556. The first-order valence-electron chi connectivity index (χ1n) is 4.02. The van der Waals surface area contributed by atoms with Crippen molar-refractivity contribution in [3.8, 4) is 0 Å². The summed E-state index contributed by atoms with van der Waals surface area (Å²) >= 11 is 0. The molecule has 0 aliphatic rings. The van der Waals surface area contributed by atoms with E-state index < -0.39 is 17.3 Å². The standard InChI is InChI=1S/C9H12O4/c1-6(10)4-3-5-8(12)9(13)7(2)11/h3-5H2,1-2H3. The van der Waals surface area contributed by atoms with Crippen molar-refractivity contribution in [1.29, 1.82) is 0 Å². The highest BCUT2D eigenvalue weighted by Crippen LogP contribution is 1.98. The van der Waals surface area contributed by atoms with Crippen LogP contribution in [0, 0.1) is 0 Å². The van der Waals surface area contributed by atoms with Crippen LogP contribution >= 0.6 is 0 Å². The third kappa shape index (κ3) is 5.00. The Balaban J connectivity index is 3.82. The van der Waals surface area contributed by atoms with Crippen LogP contribution in [0.25, 0.3) is 0 Å². The van der Waals surface area contributed by atoms with Crippen molar-refractivity contribution in [3.05, 3.63) is 0 Å². The number of carbonyl (C=O) groups is 4. The first-order valence-corrected chi connectivity index (χ1v) is 4.02. The molecule has 0 N–H and O–H groups in total. The molecule has 0 aromatic rings. The highest BCUT2D eigenvalue weighted by molar-refractivity contribution is 6.63. The molecule has 0 aromatic heterocycles. The zero-order valence-electron chi connectivity index (χ0n) is 7.75. The van der Waals surface area contributed by atoms with Gasteiger partial charge in [-0.05, 0) is 13.3 Å². The molecule has 0 saturated heterocycles. The number of hydrogen-bond acceptors (Lipinski definition) is 4. The largest absolute Gasteiger partial charge is 0.300 e. The Hall–Kier alpha value is -1.32. The first-order chi connectivity index (χ1) is 5.95. The molecule has 0 atom stereocenters. The van der Waals surface area contributed by atoms with E-state index in [1.807, 2.05) is 0 Å². The molecule has 0 spiro atoms. The first kappa shape index (κ1) is 11.7. The van der Waals surface area contributed by atoms with Gasteiger partial charge in [0.15, 0.2) is 0 Å². The average molecular weight is 184 g/mol. The van der Waals surface area contributed by atoms with Gasteiger partial charge in [-0.25, -0.2) is 0 Å². The van der Waals surface area contributed by atoms with Crippen molar-refractivity contribution < 1.29 is 19.2 Å². The minimum atomic E-state index is -0.969. The Labute approximate surface area is 76.3 Å². The lowest BCUT2D eigenvalue weighted by atomic mass is 10.1. The number of hydrogen-bond donors (Lipinski definition) is 0. The van der Waals surface area contributed by atoms with Gasteiger partial charge in [-0.2, -0.15) is 0 Å².